The Morgan fingerprint density at radius 2 is 2.04 bits per heavy atom. The molecule has 0 saturated carbocycles. The van der Waals surface area contributed by atoms with Gasteiger partial charge in [0.2, 0.25) is 5.91 Å². The predicted octanol–water partition coefficient (Wildman–Crippen LogP) is 3.52. The first-order valence-electron chi connectivity index (χ1n) is 9.34. The number of hydrogen-bond acceptors (Lipinski definition) is 4. The summed E-state index contributed by atoms with van der Waals surface area (Å²) in [4.78, 5) is 23.0. The van der Waals surface area contributed by atoms with Crippen molar-refractivity contribution in [3.05, 3.63) is 11.6 Å². The molecule has 1 amide bonds. The van der Waals surface area contributed by atoms with Crippen LogP contribution in [0.3, 0.4) is 0 Å². The van der Waals surface area contributed by atoms with E-state index < -0.39 is 0 Å². The number of rotatable bonds is 10. The lowest BCUT2D eigenvalue weighted by molar-refractivity contribution is -0.143. The van der Waals surface area contributed by atoms with E-state index in [4.69, 9.17) is 9.47 Å². The number of hydrogen-bond donors (Lipinski definition) is 1. The fraction of sp³-hybridized carbons (Fsp3) is 0.789. The second kappa shape index (κ2) is 13.0. The van der Waals surface area contributed by atoms with Gasteiger partial charge in [0.15, 0.2) is 0 Å². The van der Waals surface area contributed by atoms with E-state index in [1.165, 1.54) is 18.4 Å². The van der Waals surface area contributed by atoms with E-state index in [0.717, 1.165) is 38.5 Å². The van der Waals surface area contributed by atoms with E-state index in [-0.39, 0.29) is 24.6 Å². The molecule has 0 aromatic carbocycles. The zero-order valence-corrected chi connectivity index (χ0v) is 15.3. The third-order valence-corrected chi connectivity index (χ3v) is 4.25. The minimum absolute atomic E-state index is 0.0600. The zero-order chi connectivity index (χ0) is 17.6. The third-order valence-electron chi connectivity index (χ3n) is 4.25. The lowest BCUT2D eigenvalue weighted by Gasteiger charge is -2.20. The lowest BCUT2D eigenvalue weighted by atomic mass is 9.98. The van der Waals surface area contributed by atoms with Gasteiger partial charge in [0.05, 0.1) is 12.7 Å². The van der Waals surface area contributed by atoms with Crippen LogP contribution >= 0.6 is 0 Å². The fourth-order valence-electron chi connectivity index (χ4n) is 2.81. The Labute approximate surface area is 146 Å². The maximum absolute atomic E-state index is 11.8. The second-order valence-electron chi connectivity index (χ2n) is 6.35. The number of allylic oxidation sites excluding steroid dienone is 1. The molecule has 0 heterocycles. The minimum Gasteiger partial charge on any atom is -0.466 e. The van der Waals surface area contributed by atoms with Gasteiger partial charge in [-0.05, 0) is 51.5 Å². The molecule has 24 heavy (non-hydrogen) atoms. The highest BCUT2D eigenvalue weighted by molar-refractivity contribution is 5.77. The van der Waals surface area contributed by atoms with Gasteiger partial charge in [-0.1, -0.05) is 25.3 Å². The number of carbonyl (C=O) groups is 2. The van der Waals surface area contributed by atoms with Gasteiger partial charge in [-0.3, -0.25) is 9.59 Å². The summed E-state index contributed by atoms with van der Waals surface area (Å²) in [6, 6.07) is 0. The maximum Gasteiger partial charge on any atom is 0.305 e. The molecule has 1 aliphatic rings. The summed E-state index contributed by atoms with van der Waals surface area (Å²) in [5.74, 6) is -0.201. The van der Waals surface area contributed by atoms with E-state index in [2.05, 4.69) is 18.3 Å². The van der Waals surface area contributed by atoms with Crippen LogP contribution in [0.2, 0.25) is 0 Å². The van der Waals surface area contributed by atoms with Crippen molar-refractivity contribution in [3.8, 4) is 0 Å². The van der Waals surface area contributed by atoms with Crippen LogP contribution in [0.15, 0.2) is 11.6 Å². The average molecular weight is 339 g/mol. The van der Waals surface area contributed by atoms with Crippen molar-refractivity contribution in [2.75, 3.05) is 19.8 Å². The van der Waals surface area contributed by atoms with Gasteiger partial charge in [-0.15, -0.1) is 0 Å². The van der Waals surface area contributed by atoms with Crippen LogP contribution in [-0.4, -0.2) is 37.7 Å². The third kappa shape index (κ3) is 9.71. The van der Waals surface area contributed by atoms with Gasteiger partial charge in [0.1, 0.15) is 6.61 Å². The number of amides is 1. The predicted molar refractivity (Wildman–Crippen MR) is 94.7 cm³/mol. The van der Waals surface area contributed by atoms with Crippen molar-refractivity contribution in [1.82, 2.24) is 5.32 Å². The van der Waals surface area contributed by atoms with E-state index >= 15 is 0 Å². The Kier molecular flexibility index (Phi) is 11.2. The topological polar surface area (TPSA) is 64.6 Å². The number of ether oxygens (including phenoxy) is 2. The summed E-state index contributed by atoms with van der Waals surface area (Å²) in [5, 5.41) is 2.88. The highest BCUT2D eigenvalue weighted by Crippen LogP contribution is 2.19. The molecule has 0 aromatic heterocycles. The summed E-state index contributed by atoms with van der Waals surface area (Å²) in [7, 11) is 0. The monoisotopic (exact) mass is 339 g/mol. The first kappa shape index (κ1) is 20.7. The van der Waals surface area contributed by atoms with Crippen LogP contribution < -0.4 is 5.32 Å². The minimum atomic E-state index is -0.141. The molecular weight excluding hydrogens is 306 g/mol. The molecule has 138 valence electrons. The van der Waals surface area contributed by atoms with Crippen LogP contribution in [0.4, 0.5) is 0 Å². The summed E-state index contributed by atoms with van der Waals surface area (Å²) in [6.45, 7) is 5.09. The van der Waals surface area contributed by atoms with Gasteiger partial charge in [-0.2, -0.15) is 0 Å². The Hall–Kier alpha value is -1.36. The molecule has 0 spiro atoms. The van der Waals surface area contributed by atoms with Gasteiger partial charge in [0.25, 0.3) is 0 Å². The summed E-state index contributed by atoms with van der Waals surface area (Å²) >= 11 is 0. The largest absolute Gasteiger partial charge is 0.466 e. The Balaban J connectivity index is 2.07. The molecule has 5 heteroatoms. The van der Waals surface area contributed by atoms with Crippen LogP contribution in [0.5, 0.6) is 0 Å². The summed E-state index contributed by atoms with van der Waals surface area (Å²) in [5.41, 5.74) is 1.25. The molecule has 1 N–H and O–H groups in total. The molecule has 1 atom stereocenters. The first-order chi connectivity index (χ1) is 11.6. The van der Waals surface area contributed by atoms with Crippen molar-refractivity contribution < 1.29 is 19.1 Å². The van der Waals surface area contributed by atoms with E-state index in [1.807, 2.05) is 6.92 Å². The van der Waals surface area contributed by atoms with Crippen LogP contribution in [-0.2, 0) is 19.1 Å². The summed E-state index contributed by atoms with van der Waals surface area (Å²) < 4.78 is 10.7. The first-order valence-corrected chi connectivity index (χ1v) is 9.34. The van der Waals surface area contributed by atoms with Gasteiger partial charge < -0.3 is 14.8 Å². The Morgan fingerprint density at radius 3 is 2.83 bits per heavy atom. The molecular formula is C19H33NO4. The summed E-state index contributed by atoms with van der Waals surface area (Å²) in [6.07, 6.45) is 11.1. The van der Waals surface area contributed by atoms with Gasteiger partial charge >= 0.3 is 5.97 Å². The van der Waals surface area contributed by atoms with Crippen molar-refractivity contribution >= 4 is 11.9 Å². The second-order valence-corrected chi connectivity index (χ2v) is 6.35. The maximum atomic E-state index is 11.8. The van der Waals surface area contributed by atoms with E-state index in [1.54, 1.807) is 0 Å². The molecule has 1 unspecified atom stereocenters. The SMILES string of the molecule is CCOC(=O)CCCCCNC(=O)COC1CCCCCC=C1C. The normalized spacial score (nSPS) is 18.2. The quantitative estimate of drug-likeness (QED) is 0.376. The number of unbranched alkanes of at least 4 members (excludes halogenated alkanes) is 2. The standard InChI is InChI=1S/C19H33NO4/c1-3-23-19(22)13-9-6-10-14-20-18(21)15-24-17-12-8-5-4-7-11-16(17)2/h11,17H,3-10,12-15H2,1-2H3,(H,20,21). The molecule has 5 nitrogen and oxygen atoms in total. The molecule has 0 fully saturated rings. The van der Waals surface area contributed by atoms with E-state index in [0.29, 0.717) is 19.6 Å². The fourth-order valence-corrected chi connectivity index (χ4v) is 2.81. The lowest BCUT2D eigenvalue weighted by Crippen LogP contribution is -2.31. The van der Waals surface area contributed by atoms with Crippen LogP contribution in [0.25, 0.3) is 0 Å². The number of carbonyl (C=O) groups excluding carboxylic acids is 2. The van der Waals surface area contributed by atoms with Crippen molar-refractivity contribution in [2.24, 2.45) is 0 Å². The highest BCUT2D eigenvalue weighted by atomic mass is 16.5. The van der Waals surface area contributed by atoms with E-state index in [9.17, 15) is 9.59 Å². The Morgan fingerprint density at radius 1 is 1.21 bits per heavy atom. The van der Waals surface area contributed by atoms with Crippen LogP contribution in [0.1, 0.15) is 71.6 Å². The average Bonchev–Trinajstić information content (AvgIpc) is 2.54. The van der Waals surface area contributed by atoms with Gasteiger partial charge in [0, 0.05) is 13.0 Å². The van der Waals surface area contributed by atoms with Gasteiger partial charge in [-0.25, -0.2) is 0 Å². The zero-order valence-electron chi connectivity index (χ0n) is 15.3. The Bertz CT molecular complexity index is 406. The smallest absolute Gasteiger partial charge is 0.305 e. The number of esters is 1. The molecule has 1 rings (SSSR count). The van der Waals surface area contributed by atoms with Crippen molar-refractivity contribution in [1.29, 1.82) is 0 Å². The van der Waals surface area contributed by atoms with Crippen LogP contribution in [0, 0.1) is 0 Å². The molecule has 0 bridgehead atoms. The van der Waals surface area contributed by atoms with Crippen molar-refractivity contribution in [3.63, 3.8) is 0 Å². The van der Waals surface area contributed by atoms with Crippen molar-refractivity contribution in [2.45, 2.75) is 77.7 Å². The molecule has 0 aromatic rings. The number of nitrogens with one attached hydrogen (secondary N) is 1. The molecule has 0 aliphatic heterocycles. The molecule has 0 radical (unpaired) electrons. The highest BCUT2D eigenvalue weighted by Gasteiger charge is 2.14. The molecule has 0 saturated heterocycles. The molecule has 1 aliphatic carbocycles.